The van der Waals surface area contributed by atoms with Gasteiger partial charge >= 0.3 is 0 Å². The van der Waals surface area contributed by atoms with Crippen LogP contribution in [0.15, 0.2) is 18.2 Å². The summed E-state index contributed by atoms with van der Waals surface area (Å²) in [7, 11) is 0. The zero-order valence-corrected chi connectivity index (χ0v) is 36.0. The zero-order valence-electron chi connectivity index (χ0n) is 35.1. The Morgan fingerprint density at radius 3 is 1.78 bits per heavy atom. The lowest BCUT2D eigenvalue weighted by molar-refractivity contribution is -0.183. The Morgan fingerprint density at radius 1 is 0.725 bits per heavy atom. The Kier molecular flexibility index (Phi) is 16.4. The van der Waals surface area contributed by atoms with E-state index in [0.717, 1.165) is 60.7 Å². The molecule has 0 heterocycles. The van der Waals surface area contributed by atoms with Crippen LogP contribution in [0.2, 0.25) is 0 Å². The summed E-state index contributed by atoms with van der Waals surface area (Å²) in [6.45, 7) is 23.9. The molecule has 294 valence electrons. The fourth-order valence-corrected chi connectivity index (χ4v) is 12.4. The number of aliphatic hydroxyl groups is 1. The van der Waals surface area contributed by atoms with Crippen LogP contribution in [0.25, 0.3) is 0 Å². The third kappa shape index (κ3) is 10.3. The summed E-state index contributed by atoms with van der Waals surface area (Å²) in [6.07, 6.45) is 19.8. The second-order valence-electron chi connectivity index (χ2n) is 19.8. The van der Waals surface area contributed by atoms with Gasteiger partial charge in [0.25, 0.3) is 0 Å². The van der Waals surface area contributed by atoms with Gasteiger partial charge in [-0.25, -0.2) is 0 Å². The SMILES string of the molecule is CC(C)CCCC(C)C.CC(C)CCCC(C)C1CCC2C3CCC4C(C)(CC(=O)c5cc(N)cc(N)c5)C(O)CCC4(C)C3CCC12C.CS. The number of carbonyl (C=O) groups excluding carboxylic acids is 1. The predicted octanol–water partition coefficient (Wildman–Crippen LogP) is 12.5. The minimum atomic E-state index is -0.444. The molecular formula is C46H82N2O2S. The van der Waals surface area contributed by atoms with Crippen LogP contribution in [0.3, 0.4) is 0 Å². The number of anilines is 2. The second-order valence-corrected chi connectivity index (χ2v) is 19.8. The molecule has 0 aliphatic heterocycles. The van der Waals surface area contributed by atoms with Crippen molar-refractivity contribution < 1.29 is 9.90 Å². The number of ketones is 1. The van der Waals surface area contributed by atoms with Gasteiger partial charge in [-0.3, -0.25) is 4.79 Å². The first-order valence-electron chi connectivity index (χ1n) is 21.2. The molecule has 5 rings (SSSR count). The third-order valence-corrected chi connectivity index (χ3v) is 15.0. The molecular weight excluding hydrogens is 645 g/mol. The van der Waals surface area contributed by atoms with Crippen LogP contribution >= 0.6 is 12.6 Å². The van der Waals surface area contributed by atoms with Gasteiger partial charge in [-0.15, -0.1) is 0 Å². The Hall–Kier alpha value is -1.20. The summed E-state index contributed by atoms with van der Waals surface area (Å²) in [4.78, 5) is 13.6. The lowest BCUT2D eigenvalue weighted by atomic mass is 9.40. The number of nitrogen functional groups attached to an aromatic ring is 2. The lowest BCUT2D eigenvalue weighted by Crippen LogP contribution is -2.60. The van der Waals surface area contributed by atoms with E-state index in [1.807, 2.05) is 0 Å². The van der Waals surface area contributed by atoms with Crippen LogP contribution in [-0.4, -0.2) is 23.2 Å². The number of thiol groups is 1. The maximum atomic E-state index is 13.6. The molecule has 0 saturated heterocycles. The summed E-state index contributed by atoms with van der Waals surface area (Å²) in [5, 5.41) is 11.5. The van der Waals surface area contributed by atoms with E-state index in [-0.39, 0.29) is 11.2 Å². The molecule has 4 saturated carbocycles. The van der Waals surface area contributed by atoms with Crippen molar-refractivity contribution >= 4 is 29.8 Å². The molecule has 0 spiro atoms. The number of Topliss-reactive ketones (excluding diaryl/α,β-unsaturated/α-hetero) is 1. The first-order chi connectivity index (χ1) is 23.9. The number of hydrogen-bond acceptors (Lipinski definition) is 5. The van der Waals surface area contributed by atoms with Gasteiger partial charge in [0.15, 0.2) is 5.78 Å². The average Bonchev–Trinajstić information content (AvgIpc) is 3.41. The zero-order chi connectivity index (χ0) is 38.3. The van der Waals surface area contributed by atoms with Crippen molar-refractivity contribution in [3.8, 4) is 0 Å². The second kappa shape index (κ2) is 18.9. The van der Waals surface area contributed by atoms with Gasteiger partial charge in [-0.2, -0.15) is 12.6 Å². The molecule has 5 N–H and O–H groups in total. The lowest BCUT2D eigenvalue weighted by Gasteiger charge is -2.65. The number of fused-ring (bicyclic) bond motifs is 5. The van der Waals surface area contributed by atoms with Crippen LogP contribution in [0.1, 0.15) is 176 Å². The Morgan fingerprint density at radius 2 is 1.24 bits per heavy atom. The monoisotopic (exact) mass is 727 g/mol. The van der Waals surface area contributed by atoms with Crippen molar-refractivity contribution in [3.05, 3.63) is 23.8 Å². The number of hydrogen-bond donors (Lipinski definition) is 4. The van der Waals surface area contributed by atoms with Gasteiger partial charge in [0.1, 0.15) is 0 Å². The Bertz CT molecular complexity index is 1200. The number of aliphatic hydroxyl groups excluding tert-OH is 1. The van der Waals surface area contributed by atoms with E-state index < -0.39 is 11.5 Å². The molecule has 4 aliphatic rings. The molecule has 4 fully saturated rings. The molecule has 4 nitrogen and oxygen atoms in total. The van der Waals surface area contributed by atoms with Crippen molar-refractivity contribution in [1.82, 2.24) is 0 Å². The minimum Gasteiger partial charge on any atom is -0.399 e. The molecule has 5 heteroatoms. The predicted molar refractivity (Wildman–Crippen MR) is 225 cm³/mol. The molecule has 1 aromatic carbocycles. The van der Waals surface area contributed by atoms with Gasteiger partial charge in [0.2, 0.25) is 0 Å². The highest BCUT2D eigenvalue weighted by Crippen LogP contribution is 2.70. The molecule has 1 aromatic rings. The van der Waals surface area contributed by atoms with Crippen LogP contribution in [0.4, 0.5) is 11.4 Å². The Balaban J connectivity index is 0.000000558. The average molecular weight is 727 g/mol. The summed E-state index contributed by atoms with van der Waals surface area (Å²) in [6, 6.07) is 5.19. The molecule has 51 heavy (non-hydrogen) atoms. The van der Waals surface area contributed by atoms with Gasteiger partial charge in [-0.1, -0.05) is 108 Å². The third-order valence-electron chi connectivity index (χ3n) is 15.0. The number of nitrogens with two attached hydrogens (primary N) is 2. The van der Waals surface area contributed by atoms with E-state index in [9.17, 15) is 9.90 Å². The molecule has 4 aliphatic carbocycles. The maximum Gasteiger partial charge on any atom is 0.163 e. The fraction of sp³-hybridized carbons (Fsp3) is 0.848. The highest BCUT2D eigenvalue weighted by atomic mass is 32.1. The minimum absolute atomic E-state index is 0.0632. The normalized spacial score (nSPS) is 34.8. The van der Waals surface area contributed by atoms with Crippen LogP contribution in [0, 0.1) is 69.5 Å². The van der Waals surface area contributed by atoms with E-state index in [1.165, 1.54) is 70.6 Å². The van der Waals surface area contributed by atoms with Gasteiger partial charge in [0.05, 0.1) is 6.10 Å². The molecule has 0 radical (unpaired) electrons. The summed E-state index contributed by atoms with van der Waals surface area (Å²) in [5.74, 6) is 7.09. The van der Waals surface area contributed by atoms with E-state index in [4.69, 9.17) is 11.5 Å². The molecule has 0 amide bonds. The molecule has 10 atom stereocenters. The maximum absolute atomic E-state index is 13.6. The molecule has 0 aromatic heterocycles. The van der Waals surface area contributed by atoms with Crippen molar-refractivity contribution in [3.63, 3.8) is 0 Å². The number of carbonyl (C=O) groups is 1. The topological polar surface area (TPSA) is 89.3 Å². The van der Waals surface area contributed by atoms with Crippen molar-refractivity contribution in [2.75, 3.05) is 17.7 Å². The van der Waals surface area contributed by atoms with Crippen LogP contribution in [-0.2, 0) is 0 Å². The quantitative estimate of drug-likeness (QED) is 0.0981. The summed E-state index contributed by atoms with van der Waals surface area (Å²) >= 11 is 3.53. The van der Waals surface area contributed by atoms with E-state index in [1.54, 1.807) is 24.5 Å². The first kappa shape index (κ1) is 44.2. The van der Waals surface area contributed by atoms with Crippen molar-refractivity contribution in [2.24, 2.45) is 69.5 Å². The molecule has 10 unspecified atom stereocenters. The van der Waals surface area contributed by atoms with E-state index >= 15 is 0 Å². The smallest absolute Gasteiger partial charge is 0.163 e. The highest BCUT2D eigenvalue weighted by molar-refractivity contribution is 7.79. The van der Waals surface area contributed by atoms with E-state index in [0.29, 0.717) is 40.6 Å². The van der Waals surface area contributed by atoms with Crippen molar-refractivity contribution in [1.29, 1.82) is 0 Å². The summed E-state index contributed by atoms with van der Waals surface area (Å²) in [5.41, 5.74) is 13.9. The fourth-order valence-electron chi connectivity index (χ4n) is 12.4. The van der Waals surface area contributed by atoms with Gasteiger partial charge in [0, 0.05) is 28.8 Å². The van der Waals surface area contributed by atoms with Crippen LogP contribution in [0.5, 0.6) is 0 Å². The van der Waals surface area contributed by atoms with Gasteiger partial charge < -0.3 is 16.6 Å². The Labute approximate surface area is 321 Å². The standard InChI is InChI=1S/C36H58N2O2.C9H20.CH4S/c1-22(2)8-7-9-23(3)28-11-12-29-27-10-13-32-35(5,30(27)14-16-34(28,29)4)17-15-33(40)36(32,6)21-31(39)24-18-25(37)20-26(38)19-24;1-8(2)6-5-7-9(3)4;1-2/h18-20,22-23,27-30,32-33,40H,7-17,21,37-38H2,1-6H3;8-9H,5-7H2,1-4H3;2H,1H3. The first-order valence-corrected chi connectivity index (χ1v) is 22.1. The van der Waals surface area contributed by atoms with Gasteiger partial charge in [-0.05, 0) is 140 Å². The number of rotatable bonds is 12. The van der Waals surface area contributed by atoms with Crippen LogP contribution < -0.4 is 11.5 Å². The van der Waals surface area contributed by atoms with E-state index in [2.05, 4.69) is 81.9 Å². The largest absolute Gasteiger partial charge is 0.399 e. The number of benzene rings is 1. The molecule has 0 bridgehead atoms. The van der Waals surface area contributed by atoms with Crippen molar-refractivity contribution in [2.45, 2.75) is 172 Å². The highest BCUT2D eigenvalue weighted by Gasteiger charge is 2.64. The summed E-state index contributed by atoms with van der Waals surface area (Å²) < 4.78 is 0.